The summed E-state index contributed by atoms with van der Waals surface area (Å²) in [5.41, 5.74) is 1.06. The molecule has 1 N–H and O–H groups in total. The molecule has 3 rings (SSSR count). The average molecular weight is 399 g/mol. The summed E-state index contributed by atoms with van der Waals surface area (Å²) in [5, 5.41) is 3.71. The van der Waals surface area contributed by atoms with Gasteiger partial charge in [-0.15, -0.1) is 0 Å². The number of carbonyl (C=O) groups is 1. The summed E-state index contributed by atoms with van der Waals surface area (Å²) in [7, 11) is 0. The predicted molar refractivity (Wildman–Crippen MR) is 94.7 cm³/mol. The van der Waals surface area contributed by atoms with Crippen LogP contribution in [0.2, 0.25) is 5.02 Å². The molecule has 1 saturated heterocycles. The number of morpholine rings is 1. The number of carbonyl (C=O) groups excluding carboxylic acids is 1. The molecule has 0 saturated carbocycles. The van der Waals surface area contributed by atoms with E-state index in [1.54, 1.807) is 12.1 Å². The smallest absolute Gasteiger partial charge is 0.371 e. The van der Waals surface area contributed by atoms with Crippen LogP contribution in [-0.2, 0) is 28.5 Å². The number of nitrogens with zero attached hydrogens (tertiary/aromatic N) is 1. The van der Waals surface area contributed by atoms with Gasteiger partial charge < -0.3 is 10.1 Å². The van der Waals surface area contributed by atoms with E-state index in [1.165, 1.54) is 6.07 Å². The van der Waals surface area contributed by atoms with Crippen molar-refractivity contribution in [2.45, 2.75) is 25.1 Å². The lowest BCUT2D eigenvalue weighted by atomic mass is 10.0. The van der Waals surface area contributed by atoms with Crippen molar-refractivity contribution in [3.8, 4) is 0 Å². The minimum Gasteiger partial charge on any atom is -0.371 e. The van der Waals surface area contributed by atoms with Crippen LogP contribution in [0.15, 0.2) is 36.5 Å². The summed E-state index contributed by atoms with van der Waals surface area (Å²) >= 11 is 6.30. The zero-order valence-corrected chi connectivity index (χ0v) is 15.1. The third-order valence-corrected chi connectivity index (χ3v) is 4.65. The highest BCUT2D eigenvalue weighted by molar-refractivity contribution is 6.31. The van der Waals surface area contributed by atoms with Crippen LogP contribution in [0.3, 0.4) is 0 Å². The number of halogens is 4. The molecule has 1 aromatic heterocycles. The van der Waals surface area contributed by atoms with E-state index >= 15 is 0 Å². The highest BCUT2D eigenvalue weighted by Gasteiger charge is 2.30. The van der Waals surface area contributed by atoms with E-state index in [4.69, 9.17) is 16.3 Å². The molecule has 1 aliphatic heterocycles. The molecule has 1 aromatic carbocycles. The van der Waals surface area contributed by atoms with Gasteiger partial charge in [0.1, 0.15) is 5.78 Å². The number of alkyl halides is 3. The van der Waals surface area contributed by atoms with E-state index < -0.39 is 11.7 Å². The summed E-state index contributed by atoms with van der Waals surface area (Å²) in [6, 6.07) is 7.60. The van der Waals surface area contributed by atoms with Crippen LogP contribution in [-0.4, -0.2) is 30.5 Å². The number of rotatable bonds is 5. The fraction of sp³-hybridized carbons (Fsp3) is 0.368. The maximum Gasteiger partial charge on any atom is 0.417 e. The van der Waals surface area contributed by atoms with Crippen LogP contribution < -0.4 is 5.32 Å². The van der Waals surface area contributed by atoms with Gasteiger partial charge in [-0.05, 0) is 29.3 Å². The van der Waals surface area contributed by atoms with Crippen LogP contribution in [0.1, 0.15) is 28.5 Å². The van der Waals surface area contributed by atoms with Gasteiger partial charge in [0.05, 0.1) is 18.3 Å². The summed E-state index contributed by atoms with van der Waals surface area (Å²) in [5.74, 6) is -0.174. The first-order chi connectivity index (χ1) is 12.8. The fourth-order valence-electron chi connectivity index (χ4n) is 2.86. The van der Waals surface area contributed by atoms with Crippen molar-refractivity contribution in [3.05, 3.63) is 63.9 Å². The monoisotopic (exact) mass is 398 g/mol. The molecular formula is C19H18ClF3N2O2. The van der Waals surface area contributed by atoms with Crippen LogP contribution in [0.4, 0.5) is 13.2 Å². The molecule has 144 valence electrons. The molecule has 1 aliphatic rings. The number of hydrogen-bond acceptors (Lipinski definition) is 4. The standard InChI is InChI=1S/C19H18ClF3N2O2/c20-17-8-13(18-11-24-5-6-27-18)2-1-12(17)7-16(26)9-15-4-3-14(10-25-15)19(21,22)23/h1-4,8,10,18,24H,5-7,9,11H2/t18-/m0/s1. The number of nitrogens with one attached hydrogen (secondary N) is 1. The largest absolute Gasteiger partial charge is 0.417 e. The normalized spacial score (nSPS) is 17.7. The maximum atomic E-state index is 12.5. The molecule has 1 fully saturated rings. The third kappa shape index (κ3) is 5.28. The Bertz CT molecular complexity index is 804. The zero-order valence-electron chi connectivity index (χ0n) is 14.4. The van der Waals surface area contributed by atoms with Gasteiger partial charge in [-0.1, -0.05) is 23.7 Å². The first-order valence-electron chi connectivity index (χ1n) is 8.47. The SMILES string of the molecule is O=C(Cc1ccc(C(F)(F)F)cn1)Cc1ccc([C@@H]2CNCCO2)cc1Cl. The van der Waals surface area contributed by atoms with Crippen molar-refractivity contribution in [1.29, 1.82) is 0 Å². The van der Waals surface area contributed by atoms with Gasteiger partial charge in [-0.3, -0.25) is 9.78 Å². The molecule has 0 spiro atoms. The number of Topliss-reactive ketones (excluding diaryl/α,β-unsaturated/α-hetero) is 1. The Morgan fingerprint density at radius 1 is 1.26 bits per heavy atom. The topological polar surface area (TPSA) is 51.2 Å². The van der Waals surface area contributed by atoms with E-state index in [0.29, 0.717) is 29.4 Å². The molecule has 0 unspecified atom stereocenters. The van der Waals surface area contributed by atoms with Crippen LogP contribution >= 0.6 is 11.6 Å². The molecule has 4 nitrogen and oxygen atoms in total. The van der Waals surface area contributed by atoms with Crippen molar-refractivity contribution >= 4 is 17.4 Å². The highest BCUT2D eigenvalue weighted by Crippen LogP contribution is 2.28. The molecule has 0 aliphatic carbocycles. The van der Waals surface area contributed by atoms with Gasteiger partial charge in [0.25, 0.3) is 0 Å². The second-order valence-electron chi connectivity index (χ2n) is 6.34. The Labute approximate surface area is 159 Å². The van der Waals surface area contributed by atoms with Crippen molar-refractivity contribution in [3.63, 3.8) is 0 Å². The molecule has 0 amide bonds. The molecular weight excluding hydrogens is 381 g/mol. The zero-order chi connectivity index (χ0) is 19.4. The molecule has 0 radical (unpaired) electrons. The van der Waals surface area contributed by atoms with Crippen molar-refractivity contribution in [2.75, 3.05) is 19.7 Å². The van der Waals surface area contributed by atoms with Gasteiger partial charge in [-0.2, -0.15) is 13.2 Å². The van der Waals surface area contributed by atoms with E-state index in [2.05, 4.69) is 10.3 Å². The second-order valence-corrected chi connectivity index (χ2v) is 6.75. The van der Waals surface area contributed by atoms with Crippen LogP contribution in [0.25, 0.3) is 0 Å². The number of benzene rings is 1. The van der Waals surface area contributed by atoms with E-state index in [0.717, 1.165) is 24.4 Å². The first kappa shape index (κ1) is 19.8. The van der Waals surface area contributed by atoms with Gasteiger partial charge in [-0.25, -0.2) is 0 Å². The Kier molecular flexibility index (Phi) is 6.14. The first-order valence-corrected chi connectivity index (χ1v) is 8.85. The number of pyridine rings is 1. The highest BCUT2D eigenvalue weighted by atomic mass is 35.5. The number of ether oxygens (including phenoxy) is 1. The number of hydrogen-bond donors (Lipinski definition) is 1. The van der Waals surface area contributed by atoms with Crippen molar-refractivity contribution in [1.82, 2.24) is 10.3 Å². The molecule has 27 heavy (non-hydrogen) atoms. The van der Waals surface area contributed by atoms with Gasteiger partial charge in [0, 0.05) is 42.8 Å². The second kappa shape index (κ2) is 8.37. The van der Waals surface area contributed by atoms with Gasteiger partial charge in [0.15, 0.2) is 0 Å². The lowest BCUT2D eigenvalue weighted by Crippen LogP contribution is -2.33. The van der Waals surface area contributed by atoms with Crippen LogP contribution in [0.5, 0.6) is 0 Å². The van der Waals surface area contributed by atoms with Crippen LogP contribution in [0, 0.1) is 0 Å². The van der Waals surface area contributed by atoms with Gasteiger partial charge >= 0.3 is 6.18 Å². The Balaban J connectivity index is 1.62. The van der Waals surface area contributed by atoms with E-state index in [9.17, 15) is 18.0 Å². The maximum absolute atomic E-state index is 12.5. The summed E-state index contributed by atoms with van der Waals surface area (Å²) in [6.07, 6.45) is -3.74. The minimum atomic E-state index is -4.44. The Morgan fingerprint density at radius 2 is 2.07 bits per heavy atom. The summed E-state index contributed by atoms with van der Waals surface area (Å²) in [4.78, 5) is 16.0. The molecule has 1 atom stereocenters. The molecule has 2 aromatic rings. The number of ketones is 1. The summed E-state index contributed by atoms with van der Waals surface area (Å²) < 4.78 is 43.3. The molecule has 2 heterocycles. The lowest BCUT2D eigenvalue weighted by Gasteiger charge is -2.24. The van der Waals surface area contributed by atoms with Crippen molar-refractivity contribution in [2.24, 2.45) is 0 Å². The fourth-order valence-corrected chi connectivity index (χ4v) is 3.12. The summed E-state index contributed by atoms with van der Waals surface area (Å²) in [6.45, 7) is 2.14. The lowest BCUT2D eigenvalue weighted by molar-refractivity contribution is -0.137. The Hall–Kier alpha value is -1.96. The average Bonchev–Trinajstić information content (AvgIpc) is 2.64. The Morgan fingerprint density at radius 3 is 2.67 bits per heavy atom. The van der Waals surface area contributed by atoms with Crippen molar-refractivity contribution < 1.29 is 22.7 Å². The molecule has 0 bridgehead atoms. The predicted octanol–water partition coefficient (Wildman–Crippen LogP) is 3.77. The minimum absolute atomic E-state index is 0.0497. The van der Waals surface area contributed by atoms with Gasteiger partial charge in [0.2, 0.25) is 0 Å². The van der Waals surface area contributed by atoms with E-state index in [1.807, 2.05) is 6.07 Å². The quantitative estimate of drug-likeness (QED) is 0.833. The van der Waals surface area contributed by atoms with E-state index in [-0.39, 0.29) is 24.7 Å². The molecule has 8 heteroatoms. The number of aromatic nitrogens is 1. The third-order valence-electron chi connectivity index (χ3n) is 4.29.